The summed E-state index contributed by atoms with van der Waals surface area (Å²) in [5.41, 5.74) is 6.48. The van der Waals surface area contributed by atoms with Crippen molar-refractivity contribution in [2.24, 2.45) is 5.92 Å². The van der Waals surface area contributed by atoms with Crippen LogP contribution in [0.1, 0.15) is 30.0 Å². The summed E-state index contributed by atoms with van der Waals surface area (Å²) in [4.78, 5) is 0. The SMILES string of the molecule is CC(CO)CC1(c2ccccc2)c2ccccc2-c2ccccc21. The Morgan fingerprint density at radius 2 is 1.25 bits per heavy atom. The highest BCUT2D eigenvalue weighted by Gasteiger charge is 2.44. The fraction of sp³-hybridized carbons (Fsp3) is 0.217. The van der Waals surface area contributed by atoms with Crippen molar-refractivity contribution < 1.29 is 5.11 Å². The van der Waals surface area contributed by atoms with Crippen molar-refractivity contribution >= 4 is 0 Å². The average molecular weight is 314 g/mol. The zero-order valence-electron chi connectivity index (χ0n) is 13.9. The van der Waals surface area contributed by atoms with E-state index in [2.05, 4.69) is 85.8 Å². The first kappa shape index (κ1) is 15.2. The predicted molar refractivity (Wildman–Crippen MR) is 99.1 cm³/mol. The molecule has 1 aliphatic carbocycles. The van der Waals surface area contributed by atoms with Crippen LogP contribution in [0.2, 0.25) is 0 Å². The van der Waals surface area contributed by atoms with E-state index >= 15 is 0 Å². The van der Waals surface area contributed by atoms with Gasteiger partial charge < -0.3 is 5.11 Å². The minimum absolute atomic E-state index is 0.184. The lowest BCUT2D eigenvalue weighted by Gasteiger charge is -2.35. The summed E-state index contributed by atoms with van der Waals surface area (Å²) < 4.78 is 0. The van der Waals surface area contributed by atoms with Gasteiger partial charge in [0.05, 0.1) is 0 Å². The van der Waals surface area contributed by atoms with E-state index in [4.69, 9.17) is 0 Å². The smallest absolute Gasteiger partial charge is 0.0467 e. The van der Waals surface area contributed by atoms with Crippen molar-refractivity contribution in [3.05, 3.63) is 95.6 Å². The van der Waals surface area contributed by atoms with E-state index < -0.39 is 0 Å². The monoisotopic (exact) mass is 314 g/mol. The summed E-state index contributed by atoms with van der Waals surface area (Å²) in [5, 5.41) is 9.75. The molecule has 1 nitrogen and oxygen atoms in total. The molecule has 1 N–H and O–H groups in total. The Hall–Kier alpha value is -2.38. The van der Waals surface area contributed by atoms with Crippen molar-refractivity contribution in [1.82, 2.24) is 0 Å². The minimum Gasteiger partial charge on any atom is -0.396 e. The summed E-state index contributed by atoms with van der Waals surface area (Å²) in [6.45, 7) is 2.34. The van der Waals surface area contributed by atoms with Crippen molar-refractivity contribution in [2.75, 3.05) is 6.61 Å². The standard InChI is InChI=1S/C23H22O/c1-17(16-24)15-23(18-9-3-2-4-10-18)21-13-7-5-11-19(21)20-12-6-8-14-22(20)23/h2-14,17,24H,15-16H2,1H3. The third kappa shape index (κ3) is 2.12. The zero-order valence-corrected chi connectivity index (χ0v) is 13.9. The van der Waals surface area contributed by atoms with Gasteiger partial charge in [0.1, 0.15) is 0 Å². The maximum atomic E-state index is 9.75. The van der Waals surface area contributed by atoms with Gasteiger partial charge in [-0.15, -0.1) is 0 Å². The lowest BCUT2D eigenvalue weighted by atomic mass is 9.67. The van der Waals surface area contributed by atoms with Crippen LogP contribution in [0.25, 0.3) is 11.1 Å². The molecule has 0 spiro atoms. The van der Waals surface area contributed by atoms with Gasteiger partial charge in [0.2, 0.25) is 0 Å². The second-order valence-electron chi connectivity index (χ2n) is 6.85. The second-order valence-corrected chi connectivity index (χ2v) is 6.85. The molecule has 1 atom stereocenters. The van der Waals surface area contributed by atoms with Crippen molar-refractivity contribution in [3.8, 4) is 11.1 Å². The van der Waals surface area contributed by atoms with E-state index in [1.165, 1.54) is 27.8 Å². The number of benzene rings is 3. The van der Waals surface area contributed by atoms with Gasteiger partial charge in [-0.05, 0) is 40.2 Å². The van der Waals surface area contributed by atoms with Gasteiger partial charge in [-0.1, -0.05) is 85.8 Å². The van der Waals surface area contributed by atoms with E-state index in [0.717, 1.165) is 6.42 Å². The minimum atomic E-state index is -0.184. The molecule has 1 aliphatic rings. The number of rotatable bonds is 4. The van der Waals surface area contributed by atoms with Gasteiger partial charge >= 0.3 is 0 Å². The molecule has 1 unspecified atom stereocenters. The van der Waals surface area contributed by atoms with Crippen LogP contribution in [0.4, 0.5) is 0 Å². The number of aliphatic hydroxyl groups is 1. The molecule has 24 heavy (non-hydrogen) atoms. The first-order valence-electron chi connectivity index (χ1n) is 8.63. The molecule has 0 aliphatic heterocycles. The Bertz CT molecular complexity index is 805. The highest BCUT2D eigenvalue weighted by molar-refractivity contribution is 5.83. The molecule has 0 radical (unpaired) electrons. The quantitative estimate of drug-likeness (QED) is 0.717. The highest BCUT2D eigenvalue weighted by Crippen LogP contribution is 2.55. The molecule has 3 aromatic carbocycles. The van der Waals surface area contributed by atoms with Crippen LogP contribution in [-0.4, -0.2) is 11.7 Å². The van der Waals surface area contributed by atoms with Crippen LogP contribution in [0, 0.1) is 5.92 Å². The van der Waals surface area contributed by atoms with Gasteiger partial charge in [-0.2, -0.15) is 0 Å². The molecular weight excluding hydrogens is 292 g/mol. The molecule has 0 saturated carbocycles. The molecule has 0 fully saturated rings. The van der Waals surface area contributed by atoms with E-state index in [1.54, 1.807) is 0 Å². The fourth-order valence-corrected chi connectivity index (χ4v) is 4.28. The molecule has 0 aromatic heterocycles. The summed E-state index contributed by atoms with van der Waals surface area (Å²) in [5.74, 6) is 0.226. The lowest BCUT2D eigenvalue weighted by molar-refractivity contribution is 0.217. The van der Waals surface area contributed by atoms with Crippen molar-refractivity contribution in [3.63, 3.8) is 0 Å². The maximum Gasteiger partial charge on any atom is 0.0467 e. The molecular formula is C23H22O. The third-order valence-electron chi connectivity index (χ3n) is 5.30. The van der Waals surface area contributed by atoms with Crippen molar-refractivity contribution in [1.29, 1.82) is 0 Å². The molecule has 0 heterocycles. The fourth-order valence-electron chi connectivity index (χ4n) is 4.28. The van der Waals surface area contributed by atoms with Crippen LogP contribution < -0.4 is 0 Å². The van der Waals surface area contributed by atoms with Crippen LogP contribution in [0.3, 0.4) is 0 Å². The van der Waals surface area contributed by atoms with Gasteiger partial charge in [0.15, 0.2) is 0 Å². The Morgan fingerprint density at radius 3 is 1.79 bits per heavy atom. The van der Waals surface area contributed by atoms with Gasteiger partial charge in [-0.25, -0.2) is 0 Å². The summed E-state index contributed by atoms with van der Waals surface area (Å²) in [7, 11) is 0. The van der Waals surface area contributed by atoms with Crippen LogP contribution in [0.15, 0.2) is 78.9 Å². The topological polar surface area (TPSA) is 20.2 Å². The van der Waals surface area contributed by atoms with Crippen molar-refractivity contribution in [2.45, 2.75) is 18.8 Å². The second kappa shape index (κ2) is 5.92. The summed E-state index contributed by atoms with van der Waals surface area (Å²) >= 11 is 0. The van der Waals surface area contributed by atoms with Crippen LogP contribution >= 0.6 is 0 Å². The Morgan fingerprint density at radius 1 is 0.750 bits per heavy atom. The molecule has 0 amide bonds. The molecule has 3 aromatic rings. The Balaban J connectivity index is 2.06. The van der Waals surface area contributed by atoms with Gasteiger partial charge in [-0.3, -0.25) is 0 Å². The maximum absolute atomic E-state index is 9.75. The lowest BCUT2D eigenvalue weighted by Crippen LogP contribution is -2.30. The van der Waals surface area contributed by atoms with Crippen LogP contribution in [-0.2, 0) is 5.41 Å². The molecule has 1 heteroatoms. The van der Waals surface area contributed by atoms with E-state index in [9.17, 15) is 5.11 Å². The number of hydrogen-bond acceptors (Lipinski definition) is 1. The average Bonchev–Trinajstić information content (AvgIpc) is 2.94. The normalized spacial score (nSPS) is 15.6. The molecule has 120 valence electrons. The summed E-state index contributed by atoms with van der Waals surface area (Å²) in [6, 6.07) is 28.2. The summed E-state index contributed by atoms with van der Waals surface area (Å²) in [6.07, 6.45) is 0.904. The van der Waals surface area contributed by atoms with E-state index in [0.29, 0.717) is 0 Å². The molecule has 0 saturated heterocycles. The Labute approximate surface area is 143 Å². The van der Waals surface area contributed by atoms with Gasteiger partial charge in [0, 0.05) is 12.0 Å². The number of hydrogen-bond donors (Lipinski definition) is 1. The van der Waals surface area contributed by atoms with Gasteiger partial charge in [0.25, 0.3) is 0 Å². The zero-order chi connectivity index (χ0) is 16.6. The predicted octanol–water partition coefficient (Wildman–Crippen LogP) is 5.02. The van der Waals surface area contributed by atoms with E-state index in [-0.39, 0.29) is 17.9 Å². The highest BCUT2D eigenvalue weighted by atomic mass is 16.3. The van der Waals surface area contributed by atoms with E-state index in [1.807, 2.05) is 0 Å². The first-order chi connectivity index (χ1) is 11.8. The largest absolute Gasteiger partial charge is 0.396 e. The first-order valence-corrected chi connectivity index (χ1v) is 8.63. The number of fused-ring (bicyclic) bond motifs is 3. The third-order valence-corrected chi connectivity index (χ3v) is 5.30. The molecule has 0 bridgehead atoms. The molecule has 4 rings (SSSR count). The van der Waals surface area contributed by atoms with Crippen LogP contribution in [0.5, 0.6) is 0 Å². The number of aliphatic hydroxyl groups excluding tert-OH is 1. The Kier molecular flexibility index (Phi) is 3.74.